The number of amides is 3. The van der Waals surface area contributed by atoms with Crippen LogP contribution in [0.5, 0.6) is 0 Å². The van der Waals surface area contributed by atoms with Gasteiger partial charge < -0.3 is 25.6 Å². The Balaban J connectivity index is 1.30. The fourth-order valence-corrected chi connectivity index (χ4v) is 4.82. The van der Waals surface area contributed by atoms with Crippen LogP contribution in [-0.4, -0.2) is 55.7 Å². The SMILES string of the molecule is O=C(Nc1ccc(Cl)cc1)N[C@H](C(=O)NCC1CCN(C2CCOCC2)CC1)c1ccccc1. The molecule has 2 heterocycles. The summed E-state index contributed by atoms with van der Waals surface area (Å²) in [5, 5.41) is 9.26. The van der Waals surface area contributed by atoms with E-state index in [1.807, 2.05) is 30.3 Å². The summed E-state index contributed by atoms with van der Waals surface area (Å²) < 4.78 is 5.49. The minimum absolute atomic E-state index is 0.204. The molecular formula is C26H33ClN4O3. The van der Waals surface area contributed by atoms with E-state index in [2.05, 4.69) is 20.9 Å². The second kappa shape index (κ2) is 12.2. The van der Waals surface area contributed by atoms with Crippen molar-refractivity contribution in [1.82, 2.24) is 15.5 Å². The van der Waals surface area contributed by atoms with Crippen molar-refractivity contribution in [2.24, 2.45) is 5.92 Å². The molecule has 3 amide bonds. The molecule has 2 aromatic rings. The molecule has 182 valence electrons. The van der Waals surface area contributed by atoms with E-state index in [0.717, 1.165) is 57.6 Å². The van der Waals surface area contributed by atoms with Gasteiger partial charge in [-0.15, -0.1) is 0 Å². The third kappa shape index (κ3) is 6.95. The third-order valence-electron chi connectivity index (χ3n) is 6.69. The molecule has 3 N–H and O–H groups in total. The van der Waals surface area contributed by atoms with E-state index in [9.17, 15) is 9.59 Å². The Kier molecular flexibility index (Phi) is 8.79. The number of anilines is 1. The minimum atomic E-state index is -0.782. The molecule has 34 heavy (non-hydrogen) atoms. The first kappa shape index (κ1) is 24.5. The van der Waals surface area contributed by atoms with Crippen molar-refractivity contribution in [2.45, 2.75) is 37.8 Å². The Morgan fingerprint density at radius 2 is 1.65 bits per heavy atom. The Labute approximate surface area is 206 Å². The number of urea groups is 1. The average Bonchev–Trinajstić information content (AvgIpc) is 2.88. The van der Waals surface area contributed by atoms with Gasteiger partial charge in [0.1, 0.15) is 6.04 Å². The number of hydrogen-bond donors (Lipinski definition) is 3. The molecule has 0 aromatic heterocycles. The van der Waals surface area contributed by atoms with Gasteiger partial charge in [-0.3, -0.25) is 4.79 Å². The predicted molar refractivity (Wildman–Crippen MR) is 134 cm³/mol. The molecule has 7 nitrogen and oxygen atoms in total. The molecule has 0 aliphatic carbocycles. The molecule has 0 spiro atoms. The van der Waals surface area contributed by atoms with Crippen LogP contribution in [0.25, 0.3) is 0 Å². The number of halogens is 1. The molecule has 2 aromatic carbocycles. The largest absolute Gasteiger partial charge is 0.381 e. The van der Waals surface area contributed by atoms with Gasteiger partial charge in [-0.25, -0.2) is 4.79 Å². The van der Waals surface area contributed by atoms with Gasteiger partial charge in [0.2, 0.25) is 5.91 Å². The number of benzene rings is 2. The summed E-state index contributed by atoms with van der Waals surface area (Å²) in [5.74, 6) is 0.240. The van der Waals surface area contributed by atoms with Gasteiger partial charge in [0.25, 0.3) is 0 Å². The highest BCUT2D eigenvalue weighted by Gasteiger charge is 2.28. The summed E-state index contributed by atoms with van der Waals surface area (Å²) in [7, 11) is 0. The lowest BCUT2D eigenvalue weighted by Crippen LogP contribution is -2.47. The third-order valence-corrected chi connectivity index (χ3v) is 6.95. The fraction of sp³-hybridized carbons (Fsp3) is 0.462. The summed E-state index contributed by atoms with van der Waals surface area (Å²) >= 11 is 5.91. The predicted octanol–water partition coefficient (Wildman–Crippen LogP) is 4.21. The zero-order chi connectivity index (χ0) is 23.8. The summed E-state index contributed by atoms with van der Waals surface area (Å²) in [6.07, 6.45) is 4.37. The standard InChI is InChI=1S/C26H33ClN4O3/c27-21-6-8-22(9-7-21)29-26(33)30-24(20-4-2-1-3-5-20)25(32)28-18-19-10-14-31(15-11-19)23-12-16-34-17-13-23/h1-9,19,23-24H,10-18H2,(H,28,32)(H2,29,30,33)/t24-/m0/s1. The zero-order valence-electron chi connectivity index (χ0n) is 19.3. The van der Waals surface area contributed by atoms with E-state index in [-0.39, 0.29) is 5.91 Å². The first-order valence-electron chi connectivity index (χ1n) is 12.1. The van der Waals surface area contributed by atoms with Crippen molar-refractivity contribution in [2.75, 3.05) is 38.2 Å². The van der Waals surface area contributed by atoms with Crippen LogP contribution < -0.4 is 16.0 Å². The van der Waals surface area contributed by atoms with E-state index in [1.54, 1.807) is 24.3 Å². The minimum Gasteiger partial charge on any atom is -0.381 e. The molecule has 8 heteroatoms. The highest BCUT2D eigenvalue weighted by molar-refractivity contribution is 6.30. The number of carbonyl (C=O) groups is 2. The highest BCUT2D eigenvalue weighted by Crippen LogP contribution is 2.23. The smallest absolute Gasteiger partial charge is 0.320 e. The number of piperidine rings is 1. The number of nitrogens with zero attached hydrogens (tertiary/aromatic N) is 1. The maximum atomic E-state index is 13.1. The zero-order valence-corrected chi connectivity index (χ0v) is 20.1. The summed E-state index contributed by atoms with van der Waals surface area (Å²) in [4.78, 5) is 28.3. The lowest BCUT2D eigenvalue weighted by atomic mass is 9.94. The van der Waals surface area contributed by atoms with Crippen molar-refractivity contribution in [3.05, 3.63) is 65.2 Å². The molecular weight excluding hydrogens is 452 g/mol. The van der Waals surface area contributed by atoms with E-state index in [4.69, 9.17) is 16.3 Å². The van der Waals surface area contributed by atoms with Gasteiger partial charge in [0.05, 0.1) is 0 Å². The summed E-state index contributed by atoms with van der Waals surface area (Å²) in [5.41, 5.74) is 1.34. The van der Waals surface area contributed by atoms with Crippen molar-refractivity contribution < 1.29 is 14.3 Å². The lowest BCUT2D eigenvalue weighted by molar-refractivity contribution is -0.123. The molecule has 1 atom stereocenters. The van der Waals surface area contributed by atoms with E-state index < -0.39 is 12.1 Å². The van der Waals surface area contributed by atoms with Crippen LogP contribution in [0.4, 0.5) is 10.5 Å². The topological polar surface area (TPSA) is 82.7 Å². The van der Waals surface area contributed by atoms with Gasteiger partial charge in [-0.05, 0) is 74.5 Å². The number of carbonyl (C=O) groups excluding carboxylic acids is 2. The molecule has 2 saturated heterocycles. The lowest BCUT2D eigenvalue weighted by Gasteiger charge is -2.39. The molecule has 0 saturated carbocycles. The number of rotatable bonds is 7. The molecule has 0 unspecified atom stereocenters. The van der Waals surface area contributed by atoms with Gasteiger partial charge in [0, 0.05) is 36.5 Å². The number of ether oxygens (including phenoxy) is 1. The van der Waals surface area contributed by atoms with Crippen LogP contribution in [0.2, 0.25) is 5.02 Å². The van der Waals surface area contributed by atoms with Gasteiger partial charge in [-0.2, -0.15) is 0 Å². The normalized spacial score (nSPS) is 18.7. The Morgan fingerprint density at radius 1 is 0.971 bits per heavy atom. The number of hydrogen-bond acceptors (Lipinski definition) is 4. The maximum Gasteiger partial charge on any atom is 0.320 e. The van der Waals surface area contributed by atoms with Crippen LogP contribution in [0.15, 0.2) is 54.6 Å². The van der Waals surface area contributed by atoms with E-state index >= 15 is 0 Å². The second-order valence-corrected chi connectivity index (χ2v) is 9.45. The monoisotopic (exact) mass is 484 g/mol. The second-order valence-electron chi connectivity index (χ2n) is 9.02. The molecule has 0 radical (unpaired) electrons. The van der Waals surface area contributed by atoms with Crippen LogP contribution in [0.3, 0.4) is 0 Å². The van der Waals surface area contributed by atoms with Gasteiger partial charge in [-0.1, -0.05) is 41.9 Å². The van der Waals surface area contributed by atoms with Crippen LogP contribution >= 0.6 is 11.6 Å². The van der Waals surface area contributed by atoms with Crippen LogP contribution in [0.1, 0.15) is 37.3 Å². The molecule has 2 aliphatic heterocycles. The van der Waals surface area contributed by atoms with Crippen molar-refractivity contribution in [3.63, 3.8) is 0 Å². The fourth-order valence-electron chi connectivity index (χ4n) is 4.70. The Hall–Kier alpha value is -2.61. The van der Waals surface area contributed by atoms with Crippen molar-refractivity contribution in [3.8, 4) is 0 Å². The van der Waals surface area contributed by atoms with Crippen molar-refractivity contribution >= 4 is 29.2 Å². The first-order chi connectivity index (χ1) is 16.6. The number of likely N-dealkylation sites (tertiary alicyclic amines) is 1. The first-order valence-corrected chi connectivity index (χ1v) is 12.4. The average molecular weight is 485 g/mol. The molecule has 2 aliphatic rings. The van der Waals surface area contributed by atoms with Crippen LogP contribution in [-0.2, 0) is 9.53 Å². The van der Waals surface area contributed by atoms with Crippen molar-refractivity contribution in [1.29, 1.82) is 0 Å². The Bertz CT molecular complexity index is 927. The van der Waals surface area contributed by atoms with E-state index in [0.29, 0.717) is 29.2 Å². The van der Waals surface area contributed by atoms with Gasteiger partial charge in [0.15, 0.2) is 0 Å². The molecule has 2 fully saturated rings. The van der Waals surface area contributed by atoms with Crippen LogP contribution in [0, 0.1) is 5.92 Å². The van der Waals surface area contributed by atoms with Gasteiger partial charge >= 0.3 is 6.03 Å². The quantitative estimate of drug-likeness (QED) is 0.549. The highest BCUT2D eigenvalue weighted by atomic mass is 35.5. The van der Waals surface area contributed by atoms with E-state index in [1.165, 1.54) is 0 Å². The molecule has 4 rings (SSSR count). The summed E-state index contributed by atoms with van der Waals surface area (Å²) in [6, 6.07) is 15.5. The Morgan fingerprint density at radius 3 is 2.32 bits per heavy atom. The maximum absolute atomic E-state index is 13.1. The summed E-state index contributed by atoms with van der Waals surface area (Å²) in [6.45, 7) is 4.47. The molecule has 0 bridgehead atoms. The number of nitrogens with one attached hydrogen (secondary N) is 3.